The number of hydrogen-bond donors (Lipinski definition) is 0. The Bertz CT molecular complexity index is 2120. The first kappa shape index (κ1) is 26.0. The summed E-state index contributed by atoms with van der Waals surface area (Å²) in [6, 6.07) is 41.5. The third kappa shape index (κ3) is 4.72. The first-order chi connectivity index (χ1) is 21.0. The van der Waals surface area contributed by atoms with Crippen LogP contribution in [0.3, 0.4) is 0 Å². The minimum absolute atomic E-state index is 0.355. The molecule has 3 aromatic carbocycles. The van der Waals surface area contributed by atoms with E-state index in [1.54, 1.807) is 11.3 Å². The average Bonchev–Trinajstić information content (AvgIpc) is 3.42. The van der Waals surface area contributed by atoms with E-state index in [-0.39, 0.29) is 5.41 Å². The second-order valence-electron chi connectivity index (χ2n) is 12.1. The predicted octanol–water partition coefficient (Wildman–Crippen LogP) is 9.59. The van der Waals surface area contributed by atoms with E-state index in [2.05, 4.69) is 129 Å². The number of pyridine rings is 3. The topological polar surface area (TPSA) is 38.7 Å². The average molecular weight is 574 g/mol. The molecule has 4 aromatic heterocycles. The summed E-state index contributed by atoms with van der Waals surface area (Å²) in [4.78, 5) is 16.5. The van der Waals surface area contributed by atoms with E-state index in [9.17, 15) is 0 Å². The van der Waals surface area contributed by atoms with Crippen LogP contribution in [0.5, 0.6) is 0 Å². The van der Waals surface area contributed by atoms with Crippen molar-refractivity contribution in [3.05, 3.63) is 149 Å². The van der Waals surface area contributed by atoms with Crippen LogP contribution in [0.2, 0.25) is 0 Å². The van der Waals surface area contributed by atoms with Crippen molar-refractivity contribution in [1.82, 2.24) is 15.0 Å². The summed E-state index contributed by atoms with van der Waals surface area (Å²) >= 11 is 1.80. The molecule has 0 spiro atoms. The van der Waals surface area contributed by atoms with Gasteiger partial charge >= 0.3 is 0 Å². The highest BCUT2D eigenvalue weighted by atomic mass is 32.1. The molecule has 0 aliphatic carbocycles. The lowest BCUT2D eigenvalue weighted by molar-refractivity contribution is 0.597. The molecule has 0 saturated heterocycles. The molecule has 11 heterocycles. The van der Waals surface area contributed by atoms with Gasteiger partial charge in [0.25, 0.3) is 0 Å². The summed E-state index contributed by atoms with van der Waals surface area (Å²) in [6.45, 7) is 4.42. The van der Waals surface area contributed by atoms with Crippen molar-refractivity contribution in [2.75, 3.05) is 0 Å². The fourth-order valence-corrected chi connectivity index (χ4v) is 7.41. The molecule has 7 aliphatic rings. The molecule has 0 amide bonds. The van der Waals surface area contributed by atoms with Gasteiger partial charge < -0.3 is 0 Å². The van der Waals surface area contributed by atoms with Crippen molar-refractivity contribution < 1.29 is 0 Å². The third-order valence-corrected chi connectivity index (χ3v) is 9.92. The number of aryl methyl sites for hydroxylation is 2. The van der Waals surface area contributed by atoms with Gasteiger partial charge in [-0.15, -0.1) is 11.3 Å². The maximum atomic E-state index is 5.15. The predicted molar refractivity (Wildman–Crippen MR) is 179 cm³/mol. The number of benzene rings is 3. The molecule has 0 N–H and O–H groups in total. The zero-order valence-corrected chi connectivity index (χ0v) is 25.2. The van der Waals surface area contributed by atoms with Crippen molar-refractivity contribution in [2.24, 2.45) is 0 Å². The van der Waals surface area contributed by atoms with Crippen LogP contribution in [0, 0.1) is 0 Å². The van der Waals surface area contributed by atoms with E-state index >= 15 is 0 Å². The largest absolute Gasteiger partial charge is 0.252 e. The standard InChI is InChI=1S/C39H31N3S/c1-39(2)35-10-4-7-32(41-35)27-17-12-25(13-18-27)14-21-29-6-3-9-34-37(29)31-23-22-30(40-38(31)43-34)24-26-15-19-28(20-16-26)33-8-5-11-36(39)42-33/h3-13,15-20,22-23H,14,21,24H2,1-2H3. The zero-order valence-electron chi connectivity index (χ0n) is 24.3. The van der Waals surface area contributed by atoms with Crippen molar-refractivity contribution >= 4 is 31.6 Å². The van der Waals surface area contributed by atoms with Gasteiger partial charge in [0.15, 0.2) is 0 Å². The van der Waals surface area contributed by atoms with E-state index in [1.165, 1.54) is 32.2 Å². The second-order valence-corrected chi connectivity index (χ2v) is 13.1. The van der Waals surface area contributed by atoms with E-state index < -0.39 is 0 Å². The van der Waals surface area contributed by atoms with Crippen molar-refractivity contribution in [1.29, 1.82) is 0 Å². The fourth-order valence-electron chi connectivity index (χ4n) is 6.27. The summed E-state index contributed by atoms with van der Waals surface area (Å²) in [5, 5.41) is 2.62. The molecule has 0 atom stereocenters. The van der Waals surface area contributed by atoms with Gasteiger partial charge in [-0.05, 0) is 85.8 Å². The van der Waals surface area contributed by atoms with Gasteiger partial charge in [-0.25, -0.2) is 4.98 Å². The molecule has 0 fully saturated rings. The molecule has 7 aromatic rings. The summed E-state index contributed by atoms with van der Waals surface area (Å²) in [6.07, 6.45) is 2.78. The Balaban J connectivity index is 1.26. The summed E-state index contributed by atoms with van der Waals surface area (Å²) in [5.74, 6) is 0. The quantitative estimate of drug-likeness (QED) is 0.181. The van der Waals surface area contributed by atoms with Gasteiger partial charge in [0.2, 0.25) is 0 Å². The fraction of sp³-hybridized carbons (Fsp3) is 0.154. The van der Waals surface area contributed by atoms with Crippen LogP contribution < -0.4 is 0 Å². The van der Waals surface area contributed by atoms with Crippen LogP contribution in [0.15, 0.2) is 115 Å². The first-order valence-corrected chi connectivity index (χ1v) is 15.8. The minimum Gasteiger partial charge on any atom is -0.252 e. The Morgan fingerprint density at radius 3 is 1.88 bits per heavy atom. The van der Waals surface area contributed by atoms with Crippen LogP contribution in [0.25, 0.3) is 42.8 Å². The summed E-state index contributed by atoms with van der Waals surface area (Å²) < 4.78 is 1.31. The number of aromatic nitrogens is 3. The SMILES string of the molecule is CC1(C)c2cccc(n2)-c2ccc(cc2)CCc2cccc3sc4nc(ccc4c23)Cc2ccc(cc2)-c2cccc1n2. The van der Waals surface area contributed by atoms with Gasteiger partial charge in [0.05, 0.1) is 22.8 Å². The van der Waals surface area contributed by atoms with Gasteiger partial charge in [-0.3, -0.25) is 9.97 Å². The molecular formula is C39H31N3S. The number of rotatable bonds is 0. The molecule has 7 aliphatic heterocycles. The van der Waals surface area contributed by atoms with E-state index in [0.29, 0.717) is 0 Å². The normalized spacial score (nSPS) is 14.2. The van der Waals surface area contributed by atoms with Gasteiger partial charge in [-0.1, -0.05) is 72.8 Å². The van der Waals surface area contributed by atoms with Gasteiger partial charge in [0.1, 0.15) is 4.83 Å². The maximum absolute atomic E-state index is 5.15. The number of nitrogens with zero attached hydrogens (tertiary/aromatic N) is 3. The maximum Gasteiger partial charge on any atom is 0.124 e. The third-order valence-electron chi connectivity index (χ3n) is 8.85. The molecular weight excluding hydrogens is 543 g/mol. The van der Waals surface area contributed by atoms with Crippen LogP contribution in [-0.4, -0.2) is 15.0 Å². The second kappa shape index (κ2) is 10.3. The molecule has 14 rings (SSSR count). The van der Waals surface area contributed by atoms with E-state index in [0.717, 1.165) is 63.7 Å². The van der Waals surface area contributed by atoms with Gasteiger partial charge in [0, 0.05) is 44.1 Å². The van der Waals surface area contributed by atoms with Crippen LogP contribution in [0.1, 0.15) is 47.6 Å². The van der Waals surface area contributed by atoms with Crippen LogP contribution in [-0.2, 0) is 24.7 Å². The lowest BCUT2D eigenvalue weighted by Gasteiger charge is -2.25. The van der Waals surface area contributed by atoms with Crippen molar-refractivity contribution in [2.45, 2.75) is 38.5 Å². The molecule has 0 unspecified atom stereocenters. The Morgan fingerprint density at radius 1 is 0.581 bits per heavy atom. The molecule has 43 heavy (non-hydrogen) atoms. The Labute approximate surface area is 256 Å². The van der Waals surface area contributed by atoms with Crippen LogP contribution >= 0.6 is 11.3 Å². The molecule has 0 saturated carbocycles. The lowest BCUT2D eigenvalue weighted by Crippen LogP contribution is -2.22. The lowest BCUT2D eigenvalue weighted by atomic mass is 9.84. The number of hydrogen-bond acceptors (Lipinski definition) is 4. The summed E-state index contributed by atoms with van der Waals surface area (Å²) in [5.41, 5.74) is 10.9. The Morgan fingerprint density at radius 2 is 1.21 bits per heavy atom. The number of thiophene rings is 1. The van der Waals surface area contributed by atoms with Crippen molar-refractivity contribution in [3.8, 4) is 22.5 Å². The van der Waals surface area contributed by atoms with E-state index in [4.69, 9.17) is 15.0 Å². The Kier molecular flexibility index (Phi) is 6.20. The smallest absolute Gasteiger partial charge is 0.124 e. The van der Waals surface area contributed by atoms with Crippen LogP contribution in [0.4, 0.5) is 0 Å². The summed E-state index contributed by atoms with van der Waals surface area (Å²) in [7, 11) is 0. The molecule has 3 nitrogen and oxygen atoms in total. The first-order valence-electron chi connectivity index (χ1n) is 14.9. The highest BCUT2D eigenvalue weighted by Crippen LogP contribution is 2.36. The monoisotopic (exact) mass is 573 g/mol. The highest BCUT2D eigenvalue weighted by Gasteiger charge is 2.27. The van der Waals surface area contributed by atoms with Crippen molar-refractivity contribution in [3.63, 3.8) is 0 Å². The zero-order chi connectivity index (χ0) is 29.0. The highest BCUT2D eigenvalue weighted by molar-refractivity contribution is 7.25. The van der Waals surface area contributed by atoms with Gasteiger partial charge in [-0.2, -0.15) is 0 Å². The Hall–Kier alpha value is -4.67. The molecule has 208 valence electrons. The molecule has 4 heteroatoms. The molecule has 0 radical (unpaired) electrons. The van der Waals surface area contributed by atoms with E-state index in [1.807, 2.05) is 0 Å². The minimum atomic E-state index is -0.355. The molecule has 12 bridgehead atoms.